The monoisotopic (exact) mass is 340 g/mol. The Hall–Kier alpha value is -1.89. The maximum absolute atomic E-state index is 12.1. The van der Waals surface area contributed by atoms with Crippen molar-refractivity contribution in [3.05, 3.63) is 55.8 Å². The van der Waals surface area contributed by atoms with Gasteiger partial charge in [0.2, 0.25) is 0 Å². The number of hydrogen-bond acceptors (Lipinski definition) is 5. The molecule has 2 aromatic heterocycles. The summed E-state index contributed by atoms with van der Waals surface area (Å²) in [6.45, 7) is 0. The Morgan fingerprint density at radius 3 is 2.76 bits per heavy atom. The van der Waals surface area contributed by atoms with Crippen LogP contribution < -0.4 is 10.9 Å². The molecule has 1 N–H and O–H groups in total. The van der Waals surface area contributed by atoms with Gasteiger partial charge >= 0.3 is 5.63 Å². The summed E-state index contributed by atoms with van der Waals surface area (Å²) in [7, 11) is 0. The zero-order valence-electron chi connectivity index (χ0n) is 10.2. The maximum atomic E-state index is 12.1. The summed E-state index contributed by atoms with van der Waals surface area (Å²) in [5.41, 5.74) is 0.617. The molecule has 3 aromatic rings. The zero-order valence-corrected chi connectivity index (χ0v) is 12.6. The summed E-state index contributed by atoms with van der Waals surface area (Å²) in [4.78, 5) is 23.2. The van der Waals surface area contributed by atoms with Crippen molar-refractivity contribution in [2.24, 2.45) is 0 Å². The molecule has 1 amide bonds. The maximum Gasteiger partial charge on any atom is 0.336 e. The third-order valence-electron chi connectivity index (χ3n) is 2.69. The molecule has 8 heteroatoms. The highest BCUT2D eigenvalue weighted by atomic mass is 35.5. The highest BCUT2D eigenvalue weighted by molar-refractivity contribution is 7.11. The number of anilines is 1. The Morgan fingerprint density at radius 2 is 2.05 bits per heavy atom. The van der Waals surface area contributed by atoms with E-state index in [-0.39, 0.29) is 15.1 Å². The highest BCUT2D eigenvalue weighted by Crippen LogP contribution is 2.30. The minimum absolute atomic E-state index is 0.0753. The fourth-order valence-corrected chi connectivity index (χ4v) is 2.74. The molecule has 0 saturated carbocycles. The number of halogens is 2. The van der Waals surface area contributed by atoms with Crippen LogP contribution in [-0.4, -0.2) is 10.3 Å². The number of nitrogens with one attached hydrogen (secondary N) is 1. The minimum Gasteiger partial charge on any atom is -0.423 e. The van der Waals surface area contributed by atoms with E-state index in [1.54, 1.807) is 24.3 Å². The van der Waals surface area contributed by atoms with E-state index < -0.39 is 11.5 Å². The van der Waals surface area contributed by atoms with E-state index in [9.17, 15) is 9.59 Å². The molecule has 21 heavy (non-hydrogen) atoms. The summed E-state index contributed by atoms with van der Waals surface area (Å²) in [6, 6.07) is 7.82. The third-order valence-corrected chi connectivity index (χ3v) is 4.30. The van der Waals surface area contributed by atoms with Crippen molar-refractivity contribution < 1.29 is 9.21 Å². The summed E-state index contributed by atoms with van der Waals surface area (Å²) >= 11 is 12.6. The van der Waals surface area contributed by atoms with E-state index in [1.807, 2.05) is 0 Å². The molecule has 0 atom stereocenters. The SMILES string of the molecule is O=C(Nc1ccc2oc(=O)ccc2c1)c1nsc(Cl)c1Cl. The van der Waals surface area contributed by atoms with Gasteiger partial charge in [-0.15, -0.1) is 0 Å². The first-order chi connectivity index (χ1) is 10.0. The van der Waals surface area contributed by atoms with Crippen LogP contribution in [-0.2, 0) is 0 Å². The zero-order chi connectivity index (χ0) is 15.0. The lowest BCUT2D eigenvalue weighted by Gasteiger charge is -2.04. The molecule has 106 valence electrons. The highest BCUT2D eigenvalue weighted by Gasteiger charge is 2.17. The minimum atomic E-state index is -0.458. The van der Waals surface area contributed by atoms with Gasteiger partial charge in [0.05, 0.1) is 0 Å². The van der Waals surface area contributed by atoms with Crippen LogP contribution in [0.5, 0.6) is 0 Å². The van der Waals surface area contributed by atoms with Gasteiger partial charge in [-0.3, -0.25) is 4.79 Å². The summed E-state index contributed by atoms with van der Waals surface area (Å²) in [5.74, 6) is -0.458. The molecule has 0 aliphatic rings. The van der Waals surface area contributed by atoms with Crippen LogP contribution in [0.3, 0.4) is 0 Å². The normalized spacial score (nSPS) is 10.8. The number of aromatic nitrogens is 1. The molecule has 5 nitrogen and oxygen atoms in total. The number of rotatable bonds is 2. The van der Waals surface area contributed by atoms with Crippen molar-refractivity contribution in [1.29, 1.82) is 0 Å². The Morgan fingerprint density at radius 1 is 1.24 bits per heavy atom. The van der Waals surface area contributed by atoms with E-state index in [0.717, 1.165) is 11.5 Å². The molecule has 3 rings (SSSR count). The molecular weight excluding hydrogens is 335 g/mol. The van der Waals surface area contributed by atoms with Gasteiger partial charge < -0.3 is 9.73 Å². The molecule has 1 aromatic carbocycles. The molecule has 0 unspecified atom stereocenters. The first kappa shape index (κ1) is 14.1. The van der Waals surface area contributed by atoms with Crippen molar-refractivity contribution in [2.75, 3.05) is 5.32 Å². The number of hydrogen-bond donors (Lipinski definition) is 1. The van der Waals surface area contributed by atoms with E-state index in [1.165, 1.54) is 6.07 Å². The Labute approximate surface area is 132 Å². The topological polar surface area (TPSA) is 72.2 Å². The van der Waals surface area contributed by atoms with Crippen molar-refractivity contribution in [1.82, 2.24) is 4.37 Å². The van der Waals surface area contributed by atoms with Crippen molar-refractivity contribution in [3.63, 3.8) is 0 Å². The lowest BCUT2D eigenvalue weighted by Crippen LogP contribution is -2.12. The number of carbonyl (C=O) groups excluding carboxylic acids is 1. The third kappa shape index (κ3) is 2.78. The molecule has 2 heterocycles. The quantitative estimate of drug-likeness (QED) is 0.720. The number of nitrogens with zero attached hydrogens (tertiary/aromatic N) is 1. The predicted molar refractivity (Wildman–Crippen MR) is 82.6 cm³/mol. The van der Waals surface area contributed by atoms with Crippen LogP contribution in [0, 0.1) is 0 Å². The molecule has 0 bridgehead atoms. The second-order valence-electron chi connectivity index (χ2n) is 4.08. The van der Waals surface area contributed by atoms with Gasteiger partial charge in [0.25, 0.3) is 5.91 Å². The van der Waals surface area contributed by atoms with Crippen molar-refractivity contribution >= 4 is 57.3 Å². The second kappa shape index (κ2) is 5.48. The fourth-order valence-electron chi connectivity index (χ4n) is 1.74. The van der Waals surface area contributed by atoms with Crippen LogP contribution in [0.25, 0.3) is 11.0 Å². The second-order valence-corrected chi connectivity index (χ2v) is 5.83. The Bertz CT molecular complexity index is 904. The smallest absolute Gasteiger partial charge is 0.336 e. The summed E-state index contributed by atoms with van der Waals surface area (Å²) in [6.07, 6.45) is 0. The summed E-state index contributed by atoms with van der Waals surface area (Å²) in [5, 5.41) is 3.48. The largest absolute Gasteiger partial charge is 0.423 e. The van der Waals surface area contributed by atoms with Crippen LogP contribution in [0.2, 0.25) is 9.36 Å². The molecule has 0 spiro atoms. The number of benzene rings is 1. The predicted octanol–water partition coefficient (Wildman–Crippen LogP) is 3.81. The number of carbonyl (C=O) groups is 1. The van der Waals surface area contributed by atoms with Gasteiger partial charge in [-0.05, 0) is 35.8 Å². The van der Waals surface area contributed by atoms with Crippen molar-refractivity contribution in [2.45, 2.75) is 0 Å². The van der Waals surface area contributed by atoms with Gasteiger partial charge in [0.1, 0.15) is 14.9 Å². The van der Waals surface area contributed by atoms with E-state index in [4.69, 9.17) is 27.6 Å². The number of amides is 1. The lowest BCUT2D eigenvalue weighted by molar-refractivity contribution is 0.102. The van der Waals surface area contributed by atoms with Gasteiger partial charge in [-0.2, -0.15) is 4.37 Å². The summed E-state index contributed by atoms with van der Waals surface area (Å²) < 4.78 is 9.17. The average Bonchev–Trinajstić information content (AvgIpc) is 2.79. The van der Waals surface area contributed by atoms with Gasteiger partial charge in [-0.1, -0.05) is 23.2 Å². The van der Waals surface area contributed by atoms with E-state index in [2.05, 4.69) is 9.69 Å². The first-order valence-electron chi connectivity index (χ1n) is 5.70. The molecule has 0 radical (unpaired) electrons. The van der Waals surface area contributed by atoms with Crippen LogP contribution in [0.4, 0.5) is 5.69 Å². The van der Waals surface area contributed by atoms with Gasteiger partial charge in [0, 0.05) is 17.1 Å². The van der Waals surface area contributed by atoms with E-state index in [0.29, 0.717) is 16.7 Å². The lowest BCUT2D eigenvalue weighted by atomic mass is 10.2. The molecular formula is C13H6Cl2N2O3S. The molecule has 0 saturated heterocycles. The Kier molecular flexibility index (Phi) is 3.67. The average molecular weight is 341 g/mol. The van der Waals surface area contributed by atoms with Crippen molar-refractivity contribution in [3.8, 4) is 0 Å². The van der Waals surface area contributed by atoms with Crippen LogP contribution >= 0.6 is 34.7 Å². The standard InChI is InChI=1S/C13H6Cl2N2O3S/c14-10-11(17-21-12(10)15)13(19)16-7-2-3-8-6(5-7)1-4-9(18)20-8/h1-5H,(H,16,19). The van der Waals surface area contributed by atoms with E-state index >= 15 is 0 Å². The van der Waals surface area contributed by atoms with Gasteiger partial charge in [0.15, 0.2) is 5.69 Å². The Balaban J connectivity index is 1.91. The molecule has 0 aliphatic carbocycles. The fraction of sp³-hybridized carbons (Fsp3) is 0. The van der Waals surface area contributed by atoms with Crippen LogP contribution in [0.15, 0.2) is 39.5 Å². The van der Waals surface area contributed by atoms with Gasteiger partial charge in [-0.25, -0.2) is 4.79 Å². The molecule has 0 aliphatic heterocycles. The van der Waals surface area contributed by atoms with Crippen LogP contribution in [0.1, 0.15) is 10.5 Å². The number of fused-ring (bicyclic) bond motifs is 1. The first-order valence-corrected chi connectivity index (χ1v) is 7.23. The molecule has 0 fully saturated rings.